The molecule has 126 valence electrons. The lowest BCUT2D eigenvalue weighted by Gasteiger charge is -2.22. The minimum Gasteiger partial charge on any atom is -0.329 e. The van der Waals surface area contributed by atoms with Crippen LogP contribution in [0.15, 0.2) is 53.4 Å². The van der Waals surface area contributed by atoms with Crippen molar-refractivity contribution < 1.29 is 8.42 Å². The molecule has 0 fully saturated rings. The molecule has 0 spiro atoms. The normalized spacial score (nSPS) is 11.3. The molecule has 0 aliphatic rings. The summed E-state index contributed by atoms with van der Waals surface area (Å²) in [6.07, 6.45) is 0. The third kappa shape index (κ3) is 4.78. The summed E-state index contributed by atoms with van der Waals surface area (Å²) in [4.78, 5) is 0.319. The predicted octanol–water partition coefficient (Wildman–Crippen LogP) is 2.87. The first-order valence-electron chi connectivity index (χ1n) is 7.26. The average Bonchev–Trinajstić information content (AvgIpc) is 2.50. The first-order valence-corrected chi connectivity index (χ1v) is 8.70. The second-order valence-electron chi connectivity index (χ2n) is 5.36. The zero-order valence-corrected chi connectivity index (χ0v) is 15.0. The van der Waals surface area contributed by atoms with Crippen LogP contribution in [0.1, 0.15) is 16.7 Å². The van der Waals surface area contributed by atoms with E-state index in [-0.39, 0.29) is 19.0 Å². The minimum atomic E-state index is -3.55. The van der Waals surface area contributed by atoms with E-state index in [2.05, 4.69) is 0 Å². The van der Waals surface area contributed by atoms with E-state index in [1.54, 1.807) is 12.1 Å². The Hall–Kier alpha value is -1.40. The lowest BCUT2D eigenvalue weighted by molar-refractivity contribution is 0.414. The average molecular weight is 355 g/mol. The summed E-state index contributed by atoms with van der Waals surface area (Å²) in [6, 6.07) is 14.8. The molecule has 2 rings (SSSR count). The van der Waals surface area contributed by atoms with Gasteiger partial charge in [0.25, 0.3) is 0 Å². The molecule has 0 saturated heterocycles. The largest absolute Gasteiger partial charge is 0.329 e. The molecule has 0 heterocycles. The van der Waals surface area contributed by atoms with Gasteiger partial charge in [-0.2, -0.15) is 4.31 Å². The highest BCUT2D eigenvalue weighted by Gasteiger charge is 2.24. The van der Waals surface area contributed by atoms with Crippen LogP contribution in [0.4, 0.5) is 0 Å². The zero-order valence-electron chi connectivity index (χ0n) is 13.4. The Labute approximate surface area is 144 Å². The van der Waals surface area contributed by atoms with Crippen molar-refractivity contribution in [2.75, 3.05) is 13.1 Å². The molecule has 0 bridgehead atoms. The van der Waals surface area contributed by atoms with Gasteiger partial charge in [-0.25, -0.2) is 8.42 Å². The van der Waals surface area contributed by atoms with Crippen molar-refractivity contribution in [2.24, 2.45) is 5.73 Å². The number of sulfonamides is 1. The van der Waals surface area contributed by atoms with Crippen molar-refractivity contribution in [3.63, 3.8) is 0 Å². The van der Waals surface area contributed by atoms with E-state index in [4.69, 9.17) is 5.73 Å². The van der Waals surface area contributed by atoms with Gasteiger partial charge in [0, 0.05) is 19.6 Å². The van der Waals surface area contributed by atoms with Crippen LogP contribution in [-0.2, 0) is 16.6 Å². The first-order chi connectivity index (χ1) is 10.4. The van der Waals surface area contributed by atoms with Gasteiger partial charge in [0.15, 0.2) is 0 Å². The maximum Gasteiger partial charge on any atom is 0.243 e. The number of benzene rings is 2. The smallest absolute Gasteiger partial charge is 0.243 e. The van der Waals surface area contributed by atoms with Crippen LogP contribution < -0.4 is 5.73 Å². The number of rotatable bonds is 6. The van der Waals surface area contributed by atoms with Crippen LogP contribution >= 0.6 is 12.4 Å². The SMILES string of the molecule is Cc1ccc(S(=O)(=O)N(CCN)Cc2ccccc2)cc1C.Cl. The van der Waals surface area contributed by atoms with Gasteiger partial charge in [-0.1, -0.05) is 36.4 Å². The van der Waals surface area contributed by atoms with Crippen LogP contribution in [0, 0.1) is 13.8 Å². The minimum absolute atomic E-state index is 0. The van der Waals surface area contributed by atoms with E-state index in [0.29, 0.717) is 18.0 Å². The third-order valence-electron chi connectivity index (χ3n) is 3.70. The fourth-order valence-corrected chi connectivity index (χ4v) is 3.77. The molecule has 0 aliphatic carbocycles. The van der Waals surface area contributed by atoms with Crippen LogP contribution in [0.2, 0.25) is 0 Å². The quantitative estimate of drug-likeness (QED) is 0.867. The summed E-state index contributed by atoms with van der Waals surface area (Å²) in [5.41, 5.74) is 8.60. The van der Waals surface area contributed by atoms with Crippen molar-refractivity contribution in [1.82, 2.24) is 4.31 Å². The van der Waals surface area contributed by atoms with Crippen molar-refractivity contribution in [1.29, 1.82) is 0 Å². The molecule has 0 atom stereocenters. The van der Waals surface area contributed by atoms with Crippen LogP contribution in [-0.4, -0.2) is 25.8 Å². The van der Waals surface area contributed by atoms with E-state index in [1.807, 2.05) is 50.2 Å². The molecule has 0 amide bonds. The van der Waals surface area contributed by atoms with Crippen LogP contribution in [0.5, 0.6) is 0 Å². The Bertz CT molecular complexity index is 734. The molecule has 2 N–H and O–H groups in total. The second kappa shape index (κ2) is 8.45. The molecule has 2 aromatic rings. The lowest BCUT2D eigenvalue weighted by Crippen LogP contribution is -2.35. The maximum atomic E-state index is 12.9. The molecule has 0 saturated carbocycles. The zero-order chi connectivity index (χ0) is 16.2. The Morgan fingerprint density at radius 2 is 1.65 bits per heavy atom. The van der Waals surface area contributed by atoms with E-state index < -0.39 is 10.0 Å². The van der Waals surface area contributed by atoms with Gasteiger partial charge in [-0.15, -0.1) is 12.4 Å². The molecule has 23 heavy (non-hydrogen) atoms. The Balaban J connectivity index is 0.00000264. The van der Waals surface area contributed by atoms with Gasteiger partial charge in [-0.05, 0) is 42.7 Å². The predicted molar refractivity (Wildman–Crippen MR) is 96.3 cm³/mol. The molecule has 0 unspecified atom stereocenters. The summed E-state index contributed by atoms with van der Waals surface area (Å²) in [7, 11) is -3.55. The van der Waals surface area contributed by atoms with Gasteiger partial charge < -0.3 is 5.73 Å². The van der Waals surface area contributed by atoms with Crippen LogP contribution in [0.25, 0.3) is 0 Å². The highest BCUT2D eigenvalue weighted by molar-refractivity contribution is 7.89. The Morgan fingerprint density at radius 1 is 1.00 bits per heavy atom. The van der Waals surface area contributed by atoms with Gasteiger partial charge >= 0.3 is 0 Å². The molecule has 0 aliphatic heterocycles. The number of nitrogens with two attached hydrogens (primary N) is 1. The number of hydrogen-bond acceptors (Lipinski definition) is 3. The van der Waals surface area contributed by atoms with E-state index in [0.717, 1.165) is 16.7 Å². The van der Waals surface area contributed by atoms with Crippen molar-refractivity contribution >= 4 is 22.4 Å². The molecule has 2 aromatic carbocycles. The number of aryl methyl sites for hydroxylation is 2. The molecule has 6 heteroatoms. The van der Waals surface area contributed by atoms with E-state index in [1.165, 1.54) is 4.31 Å². The molecular formula is C17H23ClN2O2S. The summed E-state index contributed by atoms with van der Waals surface area (Å²) in [5, 5.41) is 0. The van der Waals surface area contributed by atoms with Gasteiger partial charge in [-0.3, -0.25) is 0 Å². The highest BCUT2D eigenvalue weighted by Crippen LogP contribution is 2.20. The number of halogens is 1. The standard InChI is InChI=1S/C17H22N2O2S.ClH/c1-14-8-9-17(12-15(14)2)22(20,21)19(11-10-18)13-16-6-4-3-5-7-16;/h3-9,12H,10-11,13,18H2,1-2H3;1H. The van der Waals surface area contributed by atoms with Crippen molar-refractivity contribution in [3.8, 4) is 0 Å². The molecule has 0 aromatic heterocycles. The highest BCUT2D eigenvalue weighted by atomic mass is 35.5. The summed E-state index contributed by atoms with van der Waals surface area (Å²) >= 11 is 0. The third-order valence-corrected chi connectivity index (χ3v) is 5.54. The molecule has 4 nitrogen and oxygen atoms in total. The topological polar surface area (TPSA) is 63.4 Å². The van der Waals surface area contributed by atoms with E-state index in [9.17, 15) is 8.42 Å². The van der Waals surface area contributed by atoms with E-state index >= 15 is 0 Å². The van der Waals surface area contributed by atoms with Crippen LogP contribution in [0.3, 0.4) is 0 Å². The monoisotopic (exact) mass is 354 g/mol. The lowest BCUT2D eigenvalue weighted by atomic mass is 10.1. The summed E-state index contributed by atoms with van der Waals surface area (Å²) in [5.74, 6) is 0. The molecule has 0 radical (unpaired) electrons. The second-order valence-corrected chi connectivity index (χ2v) is 7.30. The first kappa shape index (κ1) is 19.6. The Morgan fingerprint density at radius 3 is 2.22 bits per heavy atom. The fraction of sp³-hybridized carbons (Fsp3) is 0.294. The van der Waals surface area contributed by atoms with Crippen molar-refractivity contribution in [2.45, 2.75) is 25.3 Å². The van der Waals surface area contributed by atoms with Crippen molar-refractivity contribution in [3.05, 3.63) is 65.2 Å². The number of hydrogen-bond donors (Lipinski definition) is 1. The maximum absolute atomic E-state index is 12.9. The summed E-state index contributed by atoms with van der Waals surface area (Å²) in [6.45, 7) is 4.79. The Kier molecular flexibility index (Phi) is 7.22. The number of nitrogens with zero attached hydrogens (tertiary/aromatic N) is 1. The van der Waals surface area contributed by atoms with Gasteiger partial charge in [0.2, 0.25) is 10.0 Å². The van der Waals surface area contributed by atoms with Gasteiger partial charge in [0.05, 0.1) is 4.90 Å². The summed E-state index contributed by atoms with van der Waals surface area (Å²) < 4.78 is 27.2. The van der Waals surface area contributed by atoms with Gasteiger partial charge in [0.1, 0.15) is 0 Å². The molecular weight excluding hydrogens is 332 g/mol. The fourth-order valence-electron chi connectivity index (χ4n) is 2.24.